The van der Waals surface area contributed by atoms with Gasteiger partial charge < -0.3 is 15.4 Å². The van der Waals surface area contributed by atoms with E-state index in [2.05, 4.69) is 20.0 Å². The summed E-state index contributed by atoms with van der Waals surface area (Å²) in [6.45, 7) is 6.35. The molecule has 0 amide bonds. The average Bonchev–Trinajstić information content (AvgIpc) is 3.18. The molecule has 2 N–H and O–H groups in total. The normalized spacial score (nSPS) is 18.4. The average molecular weight is 555 g/mol. The quantitative estimate of drug-likeness (QED) is 0.501. The molecule has 2 aliphatic rings. The molecule has 0 radical (unpaired) electrons. The molecule has 0 aliphatic carbocycles. The number of halogens is 3. The highest BCUT2D eigenvalue weighted by Gasteiger charge is 2.36. The maximum Gasteiger partial charge on any atom is 0.417 e. The van der Waals surface area contributed by atoms with Crippen LogP contribution in [0.15, 0.2) is 18.3 Å². The molecule has 0 unspecified atom stereocenters. The van der Waals surface area contributed by atoms with Crippen molar-refractivity contribution in [3.8, 4) is 11.4 Å². The van der Waals surface area contributed by atoms with Crippen LogP contribution in [0, 0.1) is 6.92 Å². The van der Waals surface area contributed by atoms with E-state index in [4.69, 9.17) is 10.5 Å². The maximum atomic E-state index is 13.9. The monoisotopic (exact) mass is 554 g/mol. The summed E-state index contributed by atoms with van der Waals surface area (Å²) in [6.07, 6.45) is -2.41. The smallest absolute Gasteiger partial charge is 0.384 e. The number of piperazine rings is 1. The molecular weight excluding hydrogens is 525 g/mol. The fourth-order valence-electron chi connectivity index (χ4n) is 4.84. The van der Waals surface area contributed by atoms with Crippen molar-refractivity contribution in [3.05, 3.63) is 35.2 Å². The summed E-state index contributed by atoms with van der Waals surface area (Å²) in [5, 5.41) is 4.52. The molecule has 0 atom stereocenters. The molecular formula is C23H29F3N8O3S. The topological polar surface area (TPSA) is 122 Å². The Kier molecular flexibility index (Phi) is 6.96. The summed E-state index contributed by atoms with van der Waals surface area (Å²) in [6, 6.07) is 2.75. The predicted octanol–water partition coefficient (Wildman–Crippen LogP) is 1.61. The Balaban J connectivity index is 1.57. The molecule has 15 heteroatoms. The summed E-state index contributed by atoms with van der Waals surface area (Å²) >= 11 is 0. The minimum atomic E-state index is -4.67. The maximum absolute atomic E-state index is 13.9. The first-order valence-corrected chi connectivity index (χ1v) is 14.0. The Labute approximate surface area is 218 Å². The van der Waals surface area contributed by atoms with Gasteiger partial charge in [0.2, 0.25) is 10.0 Å². The zero-order valence-corrected chi connectivity index (χ0v) is 21.9. The van der Waals surface area contributed by atoms with Crippen molar-refractivity contribution >= 4 is 27.2 Å². The van der Waals surface area contributed by atoms with Crippen LogP contribution in [0.3, 0.4) is 0 Å². The van der Waals surface area contributed by atoms with Crippen LogP contribution in [-0.2, 0) is 27.5 Å². The van der Waals surface area contributed by atoms with E-state index >= 15 is 0 Å². The van der Waals surface area contributed by atoms with E-state index in [1.165, 1.54) is 10.6 Å². The number of fused-ring (bicyclic) bond motifs is 1. The lowest BCUT2D eigenvalue weighted by atomic mass is 10.1. The van der Waals surface area contributed by atoms with Crippen LogP contribution in [0.1, 0.15) is 16.8 Å². The number of nitrogens with zero attached hydrogens (tertiary/aromatic N) is 7. The summed E-state index contributed by atoms with van der Waals surface area (Å²) in [5.74, 6) is 0.163. The molecule has 2 saturated heterocycles. The minimum absolute atomic E-state index is 0.106. The van der Waals surface area contributed by atoms with Crippen LogP contribution in [-0.4, -0.2) is 95.9 Å². The van der Waals surface area contributed by atoms with Gasteiger partial charge in [0.1, 0.15) is 11.3 Å². The van der Waals surface area contributed by atoms with E-state index in [0.717, 1.165) is 23.5 Å². The molecule has 206 valence electrons. The third kappa shape index (κ3) is 5.28. The van der Waals surface area contributed by atoms with Crippen molar-refractivity contribution in [1.29, 1.82) is 0 Å². The van der Waals surface area contributed by atoms with Gasteiger partial charge in [-0.2, -0.15) is 17.5 Å². The van der Waals surface area contributed by atoms with Gasteiger partial charge >= 0.3 is 6.18 Å². The lowest BCUT2D eigenvalue weighted by molar-refractivity contribution is -0.137. The molecule has 38 heavy (non-hydrogen) atoms. The van der Waals surface area contributed by atoms with Crippen molar-refractivity contribution in [2.45, 2.75) is 19.6 Å². The fourth-order valence-corrected chi connectivity index (χ4v) is 5.66. The highest BCUT2D eigenvalue weighted by atomic mass is 32.2. The van der Waals surface area contributed by atoms with Crippen molar-refractivity contribution in [1.82, 2.24) is 28.8 Å². The zero-order valence-electron chi connectivity index (χ0n) is 21.1. The molecule has 11 nitrogen and oxygen atoms in total. The van der Waals surface area contributed by atoms with Crippen molar-refractivity contribution in [2.24, 2.45) is 0 Å². The number of rotatable bonds is 5. The molecule has 3 aromatic heterocycles. The Hall–Kier alpha value is -3.01. The molecule has 2 fully saturated rings. The second-order valence-electron chi connectivity index (χ2n) is 9.50. The highest BCUT2D eigenvalue weighted by molar-refractivity contribution is 7.88. The van der Waals surface area contributed by atoms with Crippen LogP contribution < -0.4 is 10.6 Å². The zero-order chi connectivity index (χ0) is 27.2. The number of ether oxygens (including phenoxy) is 1. The van der Waals surface area contributed by atoms with Crippen LogP contribution in [0.25, 0.3) is 16.9 Å². The van der Waals surface area contributed by atoms with Crippen LogP contribution in [0.2, 0.25) is 0 Å². The third-order valence-electron chi connectivity index (χ3n) is 6.93. The first kappa shape index (κ1) is 26.6. The van der Waals surface area contributed by atoms with E-state index in [1.807, 2.05) is 17.9 Å². The second kappa shape index (κ2) is 9.94. The minimum Gasteiger partial charge on any atom is -0.384 e. The molecule has 5 heterocycles. The van der Waals surface area contributed by atoms with Gasteiger partial charge in [0, 0.05) is 57.7 Å². The number of alkyl halides is 3. The number of morpholine rings is 1. The molecule has 0 aromatic carbocycles. The number of pyridine rings is 1. The van der Waals surface area contributed by atoms with Gasteiger partial charge in [-0.15, -0.1) is 5.10 Å². The number of nitrogens with two attached hydrogens (primary N) is 1. The predicted molar refractivity (Wildman–Crippen MR) is 135 cm³/mol. The first-order chi connectivity index (χ1) is 17.9. The van der Waals surface area contributed by atoms with Crippen LogP contribution >= 0.6 is 0 Å². The molecule has 0 spiro atoms. The van der Waals surface area contributed by atoms with Crippen molar-refractivity contribution < 1.29 is 26.3 Å². The van der Waals surface area contributed by atoms with E-state index < -0.39 is 21.8 Å². The summed E-state index contributed by atoms with van der Waals surface area (Å²) in [4.78, 5) is 12.6. The Morgan fingerprint density at radius 3 is 2.39 bits per heavy atom. The van der Waals surface area contributed by atoms with E-state index in [9.17, 15) is 21.6 Å². The lowest BCUT2D eigenvalue weighted by Crippen LogP contribution is -2.47. The fraction of sp³-hybridized carbons (Fsp3) is 0.522. The Morgan fingerprint density at radius 1 is 1.08 bits per heavy atom. The molecule has 5 rings (SSSR count). The van der Waals surface area contributed by atoms with E-state index in [-0.39, 0.29) is 17.2 Å². The Morgan fingerprint density at radius 2 is 1.76 bits per heavy atom. The SMILES string of the molecule is Cc1c(CN2CCN(S(C)(=O)=O)CC2)cc2c(N3CCOCC3)nc(-c3cnc(N)cc3C(F)(F)F)nn12. The van der Waals surface area contributed by atoms with Gasteiger partial charge in [0.05, 0.1) is 30.6 Å². The number of nitrogen functional groups attached to an aromatic ring is 1. The van der Waals surface area contributed by atoms with Gasteiger partial charge in [-0.25, -0.2) is 22.9 Å². The summed E-state index contributed by atoms with van der Waals surface area (Å²) in [5.41, 5.74) is 6.74. The highest BCUT2D eigenvalue weighted by Crippen LogP contribution is 2.37. The third-order valence-corrected chi connectivity index (χ3v) is 8.24. The standard InChI is InChI=1S/C23H29F3N8O3S/c1-15-16(14-31-3-5-33(6-4-31)38(2,35)36)11-19-22(32-7-9-37-10-8-32)29-21(30-34(15)19)17-13-28-20(27)12-18(17)23(24,25)26/h11-13H,3-10,14H2,1-2H3,(H2,27,28). The number of aryl methyl sites for hydroxylation is 1. The van der Waals surface area contributed by atoms with E-state index in [1.54, 1.807) is 4.52 Å². The van der Waals surface area contributed by atoms with Crippen LogP contribution in [0.5, 0.6) is 0 Å². The molecule has 0 saturated carbocycles. The lowest BCUT2D eigenvalue weighted by Gasteiger charge is -2.33. The van der Waals surface area contributed by atoms with E-state index in [0.29, 0.717) is 70.4 Å². The van der Waals surface area contributed by atoms with Gasteiger partial charge in [-0.1, -0.05) is 0 Å². The second-order valence-corrected chi connectivity index (χ2v) is 11.5. The number of aromatic nitrogens is 4. The number of anilines is 2. The molecule has 2 aliphatic heterocycles. The molecule has 3 aromatic rings. The Bertz CT molecular complexity index is 1450. The van der Waals surface area contributed by atoms with Gasteiger partial charge in [0.25, 0.3) is 0 Å². The largest absolute Gasteiger partial charge is 0.417 e. The summed E-state index contributed by atoms with van der Waals surface area (Å²) < 4.78 is 74.0. The first-order valence-electron chi connectivity index (χ1n) is 12.1. The van der Waals surface area contributed by atoms with Crippen LogP contribution in [0.4, 0.5) is 24.8 Å². The van der Waals surface area contributed by atoms with Crippen molar-refractivity contribution in [2.75, 3.05) is 69.4 Å². The summed E-state index contributed by atoms with van der Waals surface area (Å²) in [7, 11) is -3.24. The van der Waals surface area contributed by atoms with Crippen molar-refractivity contribution in [3.63, 3.8) is 0 Å². The van der Waals surface area contributed by atoms with Gasteiger partial charge in [0.15, 0.2) is 11.6 Å². The number of sulfonamides is 1. The number of hydrogen-bond acceptors (Lipinski definition) is 9. The number of hydrogen-bond donors (Lipinski definition) is 1. The van der Waals surface area contributed by atoms with Gasteiger partial charge in [-0.3, -0.25) is 4.90 Å². The van der Waals surface area contributed by atoms with Gasteiger partial charge in [-0.05, 0) is 24.6 Å². The molecule has 0 bridgehead atoms.